The third-order valence-corrected chi connectivity index (χ3v) is 2.58. The van der Waals surface area contributed by atoms with Crippen molar-refractivity contribution >= 4 is 27.9 Å². The second kappa shape index (κ2) is 12.6. The average molecular weight is 299 g/mol. The van der Waals surface area contributed by atoms with Gasteiger partial charge in [0.2, 0.25) is 0 Å². The smallest absolute Gasteiger partial charge is 0.327 e. The van der Waals surface area contributed by atoms with E-state index in [4.69, 9.17) is 0 Å². The Morgan fingerprint density at radius 3 is 2.19 bits per heavy atom. The first-order valence-corrected chi connectivity index (χ1v) is 5.92. The van der Waals surface area contributed by atoms with Gasteiger partial charge in [-0.15, -0.1) is 0 Å². The molecule has 1 atom stereocenters. The summed E-state index contributed by atoms with van der Waals surface area (Å²) >= 11 is 3.17. The van der Waals surface area contributed by atoms with Gasteiger partial charge in [0.15, 0.2) is 0 Å². The molecule has 0 aliphatic heterocycles. The summed E-state index contributed by atoms with van der Waals surface area (Å²) in [6.45, 7) is 3.96. The Hall–Kier alpha value is -0.460. The number of ether oxygens (including phenoxy) is 1. The van der Waals surface area contributed by atoms with Crippen molar-refractivity contribution in [3.8, 4) is 0 Å². The first-order valence-electron chi connectivity index (χ1n) is 5.00. The summed E-state index contributed by atoms with van der Waals surface area (Å²) in [6.07, 6.45) is 3.60. The van der Waals surface area contributed by atoms with Crippen molar-refractivity contribution in [2.75, 3.05) is 0 Å². The van der Waals surface area contributed by atoms with Crippen LogP contribution in [-0.4, -0.2) is 16.8 Å². The topological polar surface area (TPSA) is 113 Å². The minimum Gasteiger partial charge on any atom is -0.392 e. The van der Waals surface area contributed by atoms with Gasteiger partial charge in [0, 0.05) is 6.42 Å². The molecule has 0 saturated carbocycles. The Bertz CT molecular complexity index is 201. The molecule has 0 aliphatic carbocycles. The van der Waals surface area contributed by atoms with Crippen molar-refractivity contribution in [2.45, 2.75) is 50.8 Å². The van der Waals surface area contributed by atoms with E-state index in [9.17, 15) is 9.59 Å². The molecule has 16 heavy (non-hydrogen) atoms. The van der Waals surface area contributed by atoms with Gasteiger partial charge >= 0.3 is 11.9 Å². The Labute approximate surface area is 106 Å². The van der Waals surface area contributed by atoms with Crippen LogP contribution in [0.25, 0.3) is 0 Å². The fourth-order valence-corrected chi connectivity index (χ4v) is 1.47. The van der Waals surface area contributed by atoms with Crippen LogP contribution >= 0.6 is 15.9 Å². The van der Waals surface area contributed by atoms with E-state index in [-0.39, 0.29) is 17.1 Å². The number of esters is 2. The number of alkyl halides is 1. The zero-order valence-electron chi connectivity index (χ0n) is 10.1. The number of unbranched alkanes of at least 4 members (excludes halogenated alkanes) is 1. The molecule has 0 amide bonds. The molecule has 0 aromatic carbocycles. The Balaban J connectivity index is -0.000000845. The van der Waals surface area contributed by atoms with Crippen molar-refractivity contribution in [1.29, 1.82) is 0 Å². The SMILES string of the molecule is CCCCC(=O)OC(=O)C(Br)CCC.N.N. The molecule has 0 saturated heterocycles. The van der Waals surface area contributed by atoms with Crippen LogP contribution in [0.3, 0.4) is 0 Å². The third-order valence-electron chi connectivity index (χ3n) is 1.75. The summed E-state index contributed by atoms with van der Waals surface area (Å²) in [5.74, 6) is -0.884. The molecule has 0 aliphatic rings. The molecule has 6 N–H and O–H groups in total. The van der Waals surface area contributed by atoms with Crippen LogP contribution in [0.15, 0.2) is 0 Å². The highest BCUT2D eigenvalue weighted by Crippen LogP contribution is 2.10. The van der Waals surface area contributed by atoms with Crippen LogP contribution in [0.5, 0.6) is 0 Å². The van der Waals surface area contributed by atoms with Crippen molar-refractivity contribution in [3.63, 3.8) is 0 Å². The lowest BCUT2D eigenvalue weighted by Gasteiger charge is -2.06. The normalized spacial score (nSPS) is 10.7. The third kappa shape index (κ3) is 10.1. The molecular formula is C10H23BrN2O3. The van der Waals surface area contributed by atoms with Gasteiger partial charge in [0.05, 0.1) is 0 Å². The van der Waals surface area contributed by atoms with E-state index in [0.29, 0.717) is 12.8 Å². The predicted molar refractivity (Wildman–Crippen MR) is 68.3 cm³/mol. The maximum absolute atomic E-state index is 11.2. The number of carbonyl (C=O) groups excluding carboxylic acids is 2. The van der Waals surface area contributed by atoms with Crippen LogP contribution in [-0.2, 0) is 14.3 Å². The van der Waals surface area contributed by atoms with Gasteiger partial charge in [-0.3, -0.25) is 9.59 Å². The van der Waals surface area contributed by atoms with Gasteiger partial charge in [-0.1, -0.05) is 42.6 Å². The van der Waals surface area contributed by atoms with Gasteiger partial charge in [-0.25, -0.2) is 0 Å². The molecule has 0 aromatic heterocycles. The second-order valence-electron chi connectivity index (χ2n) is 3.15. The average Bonchev–Trinajstić information content (AvgIpc) is 2.15. The summed E-state index contributed by atoms with van der Waals surface area (Å²) < 4.78 is 4.64. The van der Waals surface area contributed by atoms with Crippen LogP contribution in [0.2, 0.25) is 0 Å². The molecule has 0 spiro atoms. The highest BCUT2D eigenvalue weighted by Gasteiger charge is 2.18. The zero-order valence-corrected chi connectivity index (χ0v) is 11.7. The second-order valence-corrected chi connectivity index (χ2v) is 4.26. The molecule has 98 valence electrons. The first-order chi connectivity index (χ1) is 6.61. The number of hydrogen-bond acceptors (Lipinski definition) is 5. The molecular weight excluding hydrogens is 276 g/mol. The minimum absolute atomic E-state index is 0. The number of halogens is 1. The summed E-state index contributed by atoms with van der Waals surface area (Å²) in [7, 11) is 0. The largest absolute Gasteiger partial charge is 0.392 e. The van der Waals surface area contributed by atoms with E-state index >= 15 is 0 Å². The molecule has 0 heterocycles. The molecule has 0 fully saturated rings. The van der Waals surface area contributed by atoms with E-state index in [1.54, 1.807) is 0 Å². The summed E-state index contributed by atoms with van der Waals surface area (Å²) in [5, 5.41) is 0. The fourth-order valence-electron chi connectivity index (χ4n) is 0.920. The summed E-state index contributed by atoms with van der Waals surface area (Å²) in [6, 6.07) is 0. The zero-order chi connectivity index (χ0) is 11.0. The van der Waals surface area contributed by atoms with Crippen molar-refractivity contribution in [1.82, 2.24) is 12.3 Å². The molecule has 0 rings (SSSR count). The van der Waals surface area contributed by atoms with Gasteiger partial charge in [0.25, 0.3) is 0 Å². The number of rotatable bonds is 6. The predicted octanol–water partition coefficient (Wildman–Crippen LogP) is 3.13. The maximum atomic E-state index is 11.2. The lowest BCUT2D eigenvalue weighted by molar-refractivity contribution is -0.159. The van der Waals surface area contributed by atoms with Crippen molar-refractivity contribution in [3.05, 3.63) is 0 Å². The van der Waals surface area contributed by atoms with Gasteiger partial charge in [0.1, 0.15) is 4.83 Å². The Morgan fingerprint density at radius 2 is 1.75 bits per heavy atom. The maximum Gasteiger partial charge on any atom is 0.327 e. The quantitative estimate of drug-likeness (QED) is 0.444. The highest BCUT2D eigenvalue weighted by atomic mass is 79.9. The van der Waals surface area contributed by atoms with E-state index in [0.717, 1.165) is 19.3 Å². The number of carbonyl (C=O) groups is 2. The summed E-state index contributed by atoms with van der Waals surface area (Å²) in [5.41, 5.74) is 0. The minimum atomic E-state index is -0.465. The standard InChI is InChI=1S/C10H17BrO3.2H3N/c1-3-5-7-9(12)14-10(13)8(11)6-4-2;;/h8H,3-7H2,1-2H3;2*1H3. The van der Waals surface area contributed by atoms with E-state index in [1.165, 1.54) is 0 Å². The number of hydrogen-bond donors (Lipinski definition) is 2. The summed E-state index contributed by atoms with van der Waals surface area (Å²) in [4.78, 5) is 21.9. The van der Waals surface area contributed by atoms with Gasteiger partial charge in [-0.2, -0.15) is 0 Å². The molecule has 0 aromatic rings. The van der Waals surface area contributed by atoms with Crippen LogP contribution in [0.4, 0.5) is 0 Å². The fraction of sp³-hybridized carbons (Fsp3) is 0.800. The Morgan fingerprint density at radius 1 is 1.19 bits per heavy atom. The van der Waals surface area contributed by atoms with Crippen LogP contribution in [0.1, 0.15) is 46.0 Å². The lowest BCUT2D eigenvalue weighted by Crippen LogP contribution is -2.21. The molecule has 0 radical (unpaired) electrons. The molecule has 0 bridgehead atoms. The van der Waals surface area contributed by atoms with E-state index in [1.807, 2.05) is 13.8 Å². The highest BCUT2D eigenvalue weighted by molar-refractivity contribution is 9.10. The molecule has 6 heteroatoms. The van der Waals surface area contributed by atoms with E-state index in [2.05, 4.69) is 20.7 Å². The van der Waals surface area contributed by atoms with Gasteiger partial charge in [-0.05, 0) is 12.8 Å². The van der Waals surface area contributed by atoms with Gasteiger partial charge < -0.3 is 17.0 Å². The van der Waals surface area contributed by atoms with E-state index < -0.39 is 11.9 Å². The molecule has 1 unspecified atom stereocenters. The monoisotopic (exact) mass is 298 g/mol. The van der Waals surface area contributed by atoms with Crippen molar-refractivity contribution in [2.24, 2.45) is 0 Å². The van der Waals surface area contributed by atoms with Crippen LogP contribution in [0, 0.1) is 0 Å². The lowest BCUT2D eigenvalue weighted by atomic mass is 10.2. The molecule has 5 nitrogen and oxygen atoms in total. The Kier molecular flexibility index (Phi) is 16.5. The van der Waals surface area contributed by atoms with Crippen LogP contribution < -0.4 is 12.3 Å². The first kappa shape index (κ1) is 20.9. The van der Waals surface area contributed by atoms with Crippen molar-refractivity contribution < 1.29 is 14.3 Å².